The van der Waals surface area contributed by atoms with Crippen molar-refractivity contribution in [3.8, 4) is 0 Å². The van der Waals surface area contributed by atoms with Gasteiger partial charge in [0.2, 0.25) is 0 Å². The minimum absolute atomic E-state index is 0.241. The molecule has 1 aliphatic carbocycles. The normalized spacial score (nSPS) is 20.2. The van der Waals surface area contributed by atoms with Crippen LogP contribution in [0.4, 0.5) is 0 Å². The molecule has 0 aromatic heterocycles. The quantitative estimate of drug-likeness (QED) is 0.759. The predicted octanol–water partition coefficient (Wildman–Crippen LogP) is 5.60. The molecule has 1 aromatic carbocycles. The zero-order valence-electron chi connectivity index (χ0n) is 14.6. The van der Waals surface area contributed by atoms with Crippen LogP contribution in [0.2, 0.25) is 0 Å². The summed E-state index contributed by atoms with van der Waals surface area (Å²) >= 11 is 0. The van der Waals surface area contributed by atoms with Crippen LogP contribution in [0.1, 0.15) is 83.9 Å². The summed E-state index contributed by atoms with van der Waals surface area (Å²) in [6.07, 6.45) is 7.09. The molecule has 2 rings (SSSR count). The first kappa shape index (κ1) is 16.5. The number of benzene rings is 1. The third kappa shape index (κ3) is 4.57. The van der Waals surface area contributed by atoms with E-state index in [1.807, 2.05) is 0 Å². The molecule has 2 unspecified atom stereocenters. The van der Waals surface area contributed by atoms with Crippen molar-refractivity contribution < 1.29 is 0 Å². The molecule has 0 amide bonds. The Morgan fingerprint density at radius 3 is 2.05 bits per heavy atom. The molecule has 0 saturated heterocycles. The average Bonchev–Trinajstić information content (AvgIpc) is 2.47. The van der Waals surface area contributed by atoms with Crippen molar-refractivity contribution in [1.82, 2.24) is 5.32 Å². The molecule has 0 aliphatic heterocycles. The lowest BCUT2D eigenvalue weighted by Crippen LogP contribution is -2.36. The maximum absolute atomic E-state index is 3.82. The van der Waals surface area contributed by atoms with E-state index in [-0.39, 0.29) is 5.41 Å². The molecule has 2 atom stereocenters. The van der Waals surface area contributed by atoms with Gasteiger partial charge >= 0.3 is 0 Å². The fourth-order valence-electron chi connectivity index (χ4n) is 3.53. The molecule has 21 heavy (non-hydrogen) atoms. The first-order chi connectivity index (χ1) is 9.88. The van der Waals surface area contributed by atoms with Crippen LogP contribution in [0.15, 0.2) is 24.3 Å². The van der Waals surface area contributed by atoms with Gasteiger partial charge in [-0.05, 0) is 49.1 Å². The van der Waals surface area contributed by atoms with E-state index >= 15 is 0 Å². The molecule has 0 spiro atoms. The average molecular weight is 287 g/mol. The molecule has 0 radical (unpaired) electrons. The summed E-state index contributed by atoms with van der Waals surface area (Å²) in [4.78, 5) is 0. The zero-order valence-corrected chi connectivity index (χ0v) is 14.6. The maximum atomic E-state index is 3.82. The van der Waals surface area contributed by atoms with Gasteiger partial charge in [0.15, 0.2) is 0 Å². The van der Waals surface area contributed by atoms with Crippen LogP contribution in [0.25, 0.3) is 0 Å². The van der Waals surface area contributed by atoms with Crippen molar-refractivity contribution in [3.05, 3.63) is 35.4 Å². The number of hydrogen-bond donors (Lipinski definition) is 1. The molecule has 1 saturated carbocycles. The summed E-state index contributed by atoms with van der Waals surface area (Å²) in [5.74, 6) is 0.870. The summed E-state index contributed by atoms with van der Waals surface area (Å²) < 4.78 is 0. The van der Waals surface area contributed by atoms with Gasteiger partial charge < -0.3 is 5.32 Å². The number of rotatable bonds is 4. The Kier molecular flexibility index (Phi) is 5.48. The molecule has 1 fully saturated rings. The lowest BCUT2D eigenvalue weighted by molar-refractivity contribution is 0.268. The van der Waals surface area contributed by atoms with Gasteiger partial charge in [-0.15, -0.1) is 0 Å². The molecule has 1 aliphatic rings. The SMILES string of the molecule is CC(NC(C)C1CCCCC1)c1ccc(C(C)(C)C)cc1. The van der Waals surface area contributed by atoms with Gasteiger partial charge in [-0.1, -0.05) is 64.3 Å². The van der Waals surface area contributed by atoms with E-state index in [0.717, 1.165) is 5.92 Å². The van der Waals surface area contributed by atoms with Crippen molar-refractivity contribution in [2.24, 2.45) is 5.92 Å². The second-order valence-corrected chi connectivity index (χ2v) is 7.95. The first-order valence-electron chi connectivity index (χ1n) is 8.74. The van der Waals surface area contributed by atoms with Crippen LogP contribution in [0.3, 0.4) is 0 Å². The summed E-state index contributed by atoms with van der Waals surface area (Å²) in [5, 5.41) is 3.82. The van der Waals surface area contributed by atoms with E-state index in [2.05, 4.69) is 64.2 Å². The third-order valence-corrected chi connectivity index (χ3v) is 5.15. The van der Waals surface area contributed by atoms with Gasteiger partial charge in [0.05, 0.1) is 0 Å². The Balaban J connectivity index is 1.94. The highest BCUT2D eigenvalue weighted by Gasteiger charge is 2.21. The Labute approximate surface area is 131 Å². The minimum Gasteiger partial charge on any atom is -0.307 e. The van der Waals surface area contributed by atoms with Crippen molar-refractivity contribution >= 4 is 0 Å². The second-order valence-electron chi connectivity index (χ2n) is 7.95. The van der Waals surface area contributed by atoms with Crippen LogP contribution >= 0.6 is 0 Å². The minimum atomic E-state index is 0.241. The zero-order chi connectivity index (χ0) is 15.5. The van der Waals surface area contributed by atoms with Gasteiger partial charge in [-0.25, -0.2) is 0 Å². The van der Waals surface area contributed by atoms with Crippen molar-refractivity contribution in [2.75, 3.05) is 0 Å². The van der Waals surface area contributed by atoms with Crippen LogP contribution in [0, 0.1) is 5.92 Å². The Hall–Kier alpha value is -0.820. The van der Waals surface area contributed by atoms with Crippen molar-refractivity contribution in [3.63, 3.8) is 0 Å². The molecule has 118 valence electrons. The van der Waals surface area contributed by atoms with Crippen LogP contribution < -0.4 is 5.32 Å². The first-order valence-corrected chi connectivity index (χ1v) is 8.74. The molecular weight excluding hydrogens is 254 g/mol. The summed E-state index contributed by atoms with van der Waals surface area (Å²) in [6, 6.07) is 10.2. The Morgan fingerprint density at radius 2 is 1.52 bits per heavy atom. The van der Waals surface area contributed by atoms with Crippen molar-refractivity contribution in [2.45, 2.75) is 84.2 Å². The molecule has 1 nitrogen and oxygen atoms in total. The Morgan fingerprint density at radius 1 is 0.952 bits per heavy atom. The van der Waals surface area contributed by atoms with Gasteiger partial charge in [-0.3, -0.25) is 0 Å². The van der Waals surface area contributed by atoms with E-state index in [9.17, 15) is 0 Å². The van der Waals surface area contributed by atoms with E-state index in [4.69, 9.17) is 0 Å². The third-order valence-electron chi connectivity index (χ3n) is 5.15. The van der Waals surface area contributed by atoms with Gasteiger partial charge in [-0.2, -0.15) is 0 Å². The topological polar surface area (TPSA) is 12.0 Å². The lowest BCUT2D eigenvalue weighted by atomic mass is 9.84. The molecule has 0 bridgehead atoms. The molecule has 1 N–H and O–H groups in total. The van der Waals surface area contributed by atoms with Crippen LogP contribution in [0.5, 0.6) is 0 Å². The predicted molar refractivity (Wildman–Crippen MR) is 92.7 cm³/mol. The monoisotopic (exact) mass is 287 g/mol. The van der Waals surface area contributed by atoms with E-state index < -0.39 is 0 Å². The smallest absolute Gasteiger partial charge is 0.0294 e. The summed E-state index contributed by atoms with van der Waals surface area (Å²) in [6.45, 7) is 11.5. The Bertz CT molecular complexity index is 420. The van der Waals surface area contributed by atoms with Crippen molar-refractivity contribution in [1.29, 1.82) is 0 Å². The lowest BCUT2D eigenvalue weighted by Gasteiger charge is -2.31. The molecule has 1 aromatic rings. The van der Waals surface area contributed by atoms with E-state index in [1.165, 1.54) is 43.2 Å². The summed E-state index contributed by atoms with van der Waals surface area (Å²) in [7, 11) is 0. The maximum Gasteiger partial charge on any atom is 0.0294 e. The molecular formula is C20H33N. The van der Waals surface area contributed by atoms with Crippen LogP contribution in [-0.2, 0) is 5.41 Å². The fourth-order valence-corrected chi connectivity index (χ4v) is 3.53. The second kappa shape index (κ2) is 6.96. The largest absolute Gasteiger partial charge is 0.307 e. The van der Waals surface area contributed by atoms with Gasteiger partial charge in [0, 0.05) is 12.1 Å². The summed E-state index contributed by atoms with van der Waals surface area (Å²) in [5.41, 5.74) is 3.06. The number of nitrogens with one attached hydrogen (secondary N) is 1. The van der Waals surface area contributed by atoms with Gasteiger partial charge in [0.1, 0.15) is 0 Å². The van der Waals surface area contributed by atoms with Crippen LogP contribution in [-0.4, -0.2) is 6.04 Å². The highest BCUT2D eigenvalue weighted by molar-refractivity contribution is 5.29. The fraction of sp³-hybridized carbons (Fsp3) is 0.700. The molecule has 0 heterocycles. The standard InChI is InChI=1S/C20H33N/c1-15(17-9-7-6-8-10-17)21-16(2)18-11-13-19(14-12-18)20(3,4)5/h11-17,21H,6-10H2,1-5H3. The molecule has 1 heteroatoms. The van der Waals surface area contributed by atoms with E-state index in [1.54, 1.807) is 0 Å². The number of hydrogen-bond acceptors (Lipinski definition) is 1. The van der Waals surface area contributed by atoms with Gasteiger partial charge in [0.25, 0.3) is 0 Å². The highest BCUT2D eigenvalue weighted by Crippen LogP contribution is 2.28. The van der Waals surface area contributed by atoms with E-state index in [0.29, 0.717) is 12.1 Å². The highest BCUT2D eigenvalue weighted by atomic mass is 14.9.